The molecule has 1 aliphatic heterocycles. The van der Waals surface area contributed by atoms with Gasteiger partial charge in [0.2, 0.25) is 0 Å². The van der Waals surface area contributed by atoms with E-state index in [4.69, 9.17) is 19.3 Å². The van der Waals surface area contributed by atoms with Crippen LogP contribution in [0, 0.1) is 5.92 Å². The van der Waals surface area contributed by atoms with Gasteiger partial charge in [-0.15, -0.1) is 11.8 Å². The lowest BCUT2D eigenvalue weighted by Crippen LogP contribution is -2.48. The highest BCUT2D eigenvalue weighted by molar-refractivity contribution is 8.00. The van der Waals surface area contributed by atoms with E-state index in [2.05, 4.69) is 98.8 Å². The van der Waals surface area contributed by atoms with Gasteiger partial charge >= 0.3 is 0 Å². The van der Waals surface area contributed by atoms with E-state index in [1.807, 2.05) is 36.0 Å². The summed E-state index contributed by atoms with van der Waals surface area (Å²) in [7, 11) is 0. The molecule has 4 aromatic carbocycles. The molecule has 5 heteroatoms. The number of aliphatic hydroxyl groups is 1. The maximum absolute atomic E-state index is 9.02. The number of hydrogen-bond acceptors (Lipinski definition) is 5. The van der Waals surface area contributed by atoms with Crippen LogP contribution in [0.4, 0.5) is 0 Å². The first-order valence-electron chi connectivity index (χ1n) is 15.0. The molecule has 0 unspecified atom stereocenters. The van der Waals surface area contributed by atoms with Crippen LogP contribution in [0.15, 0.2) is 109 Å². The van der Waals surface area contributed by atoms with Gasteiger partial charge in [-0.05, 0) is 58.7 Å². The zero-order valence-electron chi connectivity index (χ0n) is 24.6. The van der Waals surface area contributed by atoms with Crippen molar-refractivity contribution in [1.82, 2.24) is 0 Å². The third-order valence-electron chi connectivity index (χ3n) is 7.99. The minimum atomic E-state index is -0.0880. The molecule has 42 heavy (non-hydrogen) atoms. The van der Waals surface area contributed by atoms with E-state index in [0.717, 1.165) is 18.6 Å². The average Bonchev–Trinajstić information content (AvgIpc) is 3.04. The smallest absolute Gasteiger partial charge is 0.119 e. The third kappa shape index (κ3) is 8.05. The van der Waals surface area contributed by atoms with Crippen LogP contribution in [-0.4, -0.2) is 35.8 Å². The first-order chi connectivity index (χ1) is 20.6. The molecule has 220 valence electrons. The zero-order valence-corrected chi connectivity index (χ0v) is 25.4. The summed E-state index contributed by atoms with van der Waals surface area (Å²) >= 11 is 2.04. The normalized spacial score (nSPS) is 22.1. The summed E-state index contributed by atoms with van der Waals surface area (Å²) in [5, 5.41) is 9.65. The van der Waals surface area contributed by atoms with Crippen LogP contribution in [0.25, 0.3) is 0 Å². The standard InChI is InChI=1S/C37H42O4S/c1-3-34-27(2)35(40-25-29-11-6-4-7-12-29)36(41-26-30-13-8-5-9-14-30)37(42-34)32-16-10-15-31(24-32)23-28-17-19-33(20-18-28)39-22-21-38/h4-20,24,27,34-38H,3,21-23,25-26H2,1-2H3/t27-,34-,35+,36-,37+/m1/s1. The molecule has 1 heterocycles. The Bertz CT molecular complexity index is 1350. The molecule has 0 aromatic heterocycles. The second-order valence-electron chi connectivity index (χ2n) is 11.0. The maximum atomic E-state index is 9.02. The summed E-state index contributed by atoms with van der Waals surface area (Å²) in [6.07, 6.45) is 1.81. The molecule has 0 spiro atoms. The molecular weight excluding hydrogens is 540 g/mol. The number of aliphatic hydroxyl groups excluding tert-OH is 1. The maximum Gasteiger partial charge on any atom is 0.119 e. The van der Waals surface area contributed by atoms with Gasteiger partial charge in [0.05, 0.1) is 31.2 Å². The van der Waals surface area contributed by atoms with E-state index in [-0.39, 0.29) is 24.1 Å². The molecule has 0 aliphatic carbocycles. The molecule has 0 bridgehead atoms. The monoisotopic (exact) mass is 582 g/mol. The largest absolute Gasteiger partial charge is 0.491 e. The van der Waals surface area contributed by atoms with Crippen molar-refractivity contribution < 1.29 is 19.3 Å². The molecule has 0 radical (unpaired) electrons. The van der Waals surface area contributed by atoms with Gasteiger partial charge < -0.3 is 19.3 Å². The Labute approximate surface area is 255 Å². The first kappa shape index (κ1) is 30.4. The molecule has 1 aliphatic rings. The van der Waals surface area contributed by atoms with E-state index in [1.165, 1.54) is 27.8 Å². The van der Waals surface area contributed by atoms with E-state index >= 15 is 0 Å². The molecule has 0 amide bonds. The SMILES string of the molecule is CC[C@H]1S[C@@H](c2cccc(Cc3ccc(OCCO)cc3)c2)[C@H](OCc2ccccc2)[C@@H](OCc2ccccc2)[C@@H]1C. The van der Waals surface area contributed by atoms with Crippen LogP contribution in [0.1, 0.15) is 53.3 Å². The fraction of sp³-hybridized carbons (Fsp3) is 0.351. The van der Waals surface area contributed by atoms with Crippen LogP contribution in [0.2, 0.25) is 0 Å². The first-order valence-corrected chi connectivity index (χ1v) is 16.0. The molecule has 1 fully saturated rings. The van der Waals surface area contributed by atoms with Gasteiger partial charge in [0.25, 0.3) is 0 Å². The summed E-state index contributed by atoms with van der Waals surface area (Å²) in [5.74, 6) is 1.13. The highest BCUT2D eigenvalue weighted by Gasteiger charge is 2.45. The van der Waals surface area contributed by atoms with Gasteiger partial charge in [0.1, 0.15) is 18.5 Å². The molecule has 4 nitrogen and oxygen atoms in total. The zero-order chi connectivity index (χ0) is 29.1. The van der Waals surface area contributed by atoms with Gasteiger partial charge in [-0.3, -0.25) is 0 Å². The molecule has 5 rings (SSSR count). The number of rotatable bonds is 13. The van der Waals surface area contributed by atoms with Gasteiger partial charge in [-0.1, -0.05) is 111 Å². The van der Waals surface area contributed by atoms with Crippen molar-refractivity contribution in [2.24, 2.45) is 5.92 Å². The second kappa shape index (κ2) is 15.4. The summed E-state index contributed by atoms with van der Waals surface area (Å²) in [5.41, 5.74) is 6.14. The summed E-state index contributed by atoms with van der Waals surface area (Å²) < 4.78 is 19.1. The van der Waals surface area contributed by atoms with Crippen LogP contribution in [-0.2, 0) is 29.1 Å². The van der Waals surface area contributed by atoms with Crippen molar-refractivity contribution in [2.75, 3.05) is 13.2 Å². The minimum Gasteiger partial charge on any atom is -0.491 e. The van der Waals surface area contributed by atoms with E-state index in [9.17, 15) is 0 Å². The quantitative estimate of drug-likeness (QED) is 0.173. The molecule has 1 N–H and O–H groups in total. The fourth-order valence-corrected chi connectivity index (χ4v) is 7.42. The van der Waals surface area contributed by atoms with Crippen molar-refractivity contribution in [3.63, 3.8) is 0 Å². The Hall–Kier alpha value is -3.09. The highest BCUT2D eigenvalue weighted by atomic mass is 32.2. The summed E-state index contributed by atoms with van der Waals surface area (Å²) in [4.78, 5) is 0. The highest BCUT2D eigenvalue weighted by Crippen LogP contribution is 2.49. The van der Waals surface area contributed by atoms with Crippen molar-refractivity contribution in [3.8, 4) is 5.75 Å². The minimum absolute atomic E-state index is 0.0135. The lowest BCUT2D eigenvalue weighted by molar-refractivity contribution is -0.112. The Balaban J connectivity index is 1.40. The Kier molecular flexibility index (Phi) is 11.1. The second-order valence-corrected chi connectivity index (χ2v) is 12.4. The van der Waals surface area contributed by atoms with E-state index in [0.29, 0.717) is 31.0 Å². The predicted molar refractivity (Wildman–Crippen MR) is 172 cm³/mol. The van der Waals surface area contributed by atoms with Crippen molar-refractivity contribution in [2.45, 2.75) is 62.6 Å². The number of benzene rings is 4. The van der Waals surface area contributed by atoms with Crippen molar-refractivity contribution >= 4 is 11.8 Å². The Morgan fingerprint density at radius 2 is 1.31 bits per heavy atom. The fourth-order valence-electron chi connectivity index (χ4n) is 5.75. The predicted octanol–water partition coefficient (Wildman–Crippen LogP) is 8.02. The number of thioether (sulfide) groups is 1. The lowest BCUT2D eigenvalue weighted by atomic mass is 9.89. The Morgan fingerprint density at radius 3 is 1.93 bits per heavy atom. The van der Waals surface area contributed by atoms with Crippen LogP contribution in [0.3, 0.4) is 0 Å². The Morgan fingerprint density at radius 1 is 0.690 bits per heavy atom. The molecule has 1 saturated heterocycles. The van der Waals surface area contributed by atoms with E-state index < -0.39 is 0 Å². The van der Waals surface area contributed by atoms with Gasteiger partial charge in [0.15, 0.2) is 0 Å². The lowest BCUT2D eigenvalue weighted by Gasteiger charge is -2.45. The van der Waals surface area contributed by atoms with Gasteiger partial charge in [-0.2, -0.15) is 0 Å². The third-order valence-corrected chi connectivity index (χ3v) is 9.94. The average molecular weight is 583 g/mol. The van der Waals surface area contributed by atoms with Gasteiger partial charge in [0, 0.05) is 5.25 Å². The van der Waals surface area contributed by atoms with Crippen LogP contribution >= 0.6 is 11.8 Å². The van der Waals surface area contributed by atoms with Crippen molar-refractivity contribution in [1.29, 1.82) is 0 Å². The molecule has 4 aromatic rings. The van der Waals surface area contributed by atoms with Gasteiger partial charge in [-0.25, -0.2) is 0 Å². The van der Waals surface area contributed by atoms with Crippen LogP contribution < -0.4 is 4.74 Å². The molecule has 0 saturated carbocycles. The summed E-state index contributed by atoms with van der Waals surface area (Å²) in [6, 6.07) is 38.0. The van der Waals surface area contributed by atoms with Crippen molar-refractivity contribution in [3.05, 3.63) is 137 Å². The molecule has 5 atom stereocenters. The van der Waals surface area contributed by atoms with E-state index in [1.54, 1.807) is 0 Å². The number of hydrogen-bond donors (Lipinski definition) is 1. The molecular formula is C37H42O4S. The number of ether oxygens (including phenoxy) is 3. The van der Waals surface area contributed by atoms with Crippen LogP contribution in [0.5, 0.6) is 5.75 Å². The summed E-state index contributed by atoms with van der Waals surface area (Å²) in [6.45, 7) is 6.07. The topological polar surface area (TPSA) is 47.9 Å².